The summed E-state index contributed by atoms with van der Waals surface area (Å²) >= 11 is 1.24. The van der Waals surface area contributed by atoms with Crippen molar-refractivity contribution in [3.63, 3.8) is 0 Å². The number of carbonyl (C=O) groups excluding carboxylic acids is 2. The maximum absolute atomic E-state index is 12.7. The fourth-order valence-corrected chi connectivity index (χ4v) is 4.06. The van der Waals surface area contributed by atoms with Crippen molar-refractivity contribution in [1.29, 1.82) is 0 Å². The molecule has 3 aromatic rings. The molecule has 0 radical (unpaired) electrons. The molecule has 1 aliphatic rings. The first-order valence-electron chi connectivity index (χ1n) is 10.4. The first-order chi connectivity index (χ1) is 15.7. The zero-order valence-electron chi connectivity index (χ0n) is 17.4. The molecule has 1 unspecified atom stereocenters. The van der Waals surface area contributed by atoms with Crippen molar-refractivity contribution < 1.29 is 14.3 Å². The van der Waals surface area contributed by atoms with Crippen molar-refractivity contribution in [2.45, 2.75) is 37.2 Å². The number of nitrogens with zero attached hydrogens (tertiary/aromatic N) is 4. The average molecular weight is 453 g/mol. The number of benzene rings is 2. The topological polar surface area (TPSA) is 111 Å². The SMILES string of the molecule is O=C(CSc1nnnn1CC1CCCO1)Nc1ccccc1C(=O)NCc1ccccc1. The van der Waals surface area contributed by atoms with Gasteiger partial charge in [0.25, 0.3) is 5.91 Å². The Bertz CT molecular complexity index is 1050. The Balaban J connectivity index is 1.32. The smallest absolute Gasteiger partial charge is 0.253 e. The second-order valence-electron chi connectivity index (χ2n) is 7.33. The minimum atomic E-state index is -0.252. The number of thioether (sulfide) groups is 1. The third-order valence-corrected chi connectivity index (χ3v) is 5.93. The molecule has 0 bridgehead atoms. The van der Waals surface area contributed by atoms with E-state index in [0.717, 1.165) is 25.0 Å². The van der Waals surface area contributed by atoms with Gasteiger partial charge in [0.2, 0.25) is 11.1 Å². The number of hydrogen-bond donors (Lipinski definition) is 2. The van der Waals surface area contributed by atoms with Crippen molar-refractivity contribution in [3.8, 4) is 0 Å². The molecular formula is C22H24N6O3S. The molecule has 166 valence electrons. The number of ether oxygens (including phenoxy) is 1. The minimum absolute atomic E-state index is 0.105. The molecule has 1 aliphatic heterocycles. The molecule has 2 amide bonds. The van der Waals surface area contributed by atoms with Gasteiger partial charge in [-0.15, -0.1) is 5.10 Å². The summed E-state index contributed by atoms with van der Waals surface area (Å²) < 4.78 is 7.29. The summed E-state index contributed by atoms with van der Waals surface area (Å²) in [7, 11) is 0. The van der Waals surface area contributed by atoms with E-state index in [1.165, 1.54) is 11.8 Å². The van der Waals surface area contributed by atoms with Crippen LogP contribution in [0.2, 0.25) is 0 Å². The number of para-hydroxylation sites is 1. The maximum Gasteiger partial charge on any atom is 0.253 e. The van der Waals surface area contributed by atoms with Gasteiger partial charge in [0.15, 0.2) is 0 Å². The molecule has 1 saturated heterocycles. The molecule has 2 N–H and O–H groups in total. The number of amides is 2. The number of hydrogen-bond acceptors (Lipinski definition) is 7. The van der Waals surface area contributed by atoms with Crippen LogP contribution in [0.1, 0.15) is 28.8 Å². The third kappa shape index (κ3) is 5.92. The van der Waals surface area contributed by atoms with Gasteiger partial charge in [-0.25, -0.2) is 4.68 Å². The van der Waals surface area contributed by atoms with Crippen LogP contribution in [0.4, 0.5) is 5.69 Å². The van der Waals surface area contributed by atoms with E-state index in [9.17, 15) is 9.59 Å². The fraction of sp³-hybridized carbons (Fsp3) is 0.318. The molecule has 32 heavy (non-hydrogen) atoms. The van der Waals surface area contributed by atoms with Crippen molar-refractivity contribution in [2.24, 2.45) is 0 Å². The van der Waals surface area contributed by atoms with E-state index < -0.39 is 0 Å². The average Bonchev–Trinajstić information content (AvgIpc) is 3.49. The normalized spacial score (nSPS) is 15.4. The molecule has 9 nitrogen and oxygen atoms in total. The lowest BCUT2D eigenvalue weighted by molar-refractivity contribution is -0.113. The molecule has 2 aromatic carbocycles. The van der Waals surface area contributed by atoms with Crippen molar-refractivity contribution >= 4 is 29.3 Å². The highest BCUT2D eigenvalue weighted by atomic mass is 32.2. The predicted octanol–water partition coefficient (Wildman–Crippen LogP) is 2.51. The molecule has 1 fully saturated rings. The van der Waals surface area contributed by atoms with Gasteiger partial charge >= 0.3 is 0 Å². The highest BCUT2D eigenvalue weighted by molar-refractivity contribution is 7.99. The molecule has 4 rings (SSSR count). The largest absolute Gasteiger partial charge is 0.376 e. The van der Waals surface area contributed by atoms with Crippen LogP contribution in [0, 0.1) is 0 Å². The number of tetrazole rings is 1. The van der Waals surface area contributed by atoms with E-state index >= 15 is 0 Å². The maximum atomic E-state index is 12.7. The Kier molecular flexibility index (Phi) is 7.47. The van der Waals surface area contributed by atoms with E-state index in [0.29, 0.717) is 29.5 Å². The Hall–Kier alpha value is -3.24. The highest BCUT2D eigenvalue weighted by Gasteiger charge is 2.20. The summed E-state index contributed by atoms with van der Waals surface area (Å²) in [4.78, 5) is 25.2. The minimum Gasteiger partial charge on any atom is -0.376 e. The number of rotatable bonds is 9. The molecule has 1 aromatic heterocycles. The van der Waals surface area contributed by atoms with Gasteiger partial charge < -0.3 is 15.4 Å². The number of carbonyl (C=O) groups is 2. The Morgan fingerprint density at radius 2 is 1.94 bits per heavy atom. The third-order valence-electron chi connectivity index (χ3n) is 4.97. The van der Waals surface area contributed by atoms with Crippen LogP contribution in [-0.2, 0) is 22.6 Å². The van der Waals surface area contributed by atoms with Gasteiger partial charge in [-0.3, -0.25) is 9.59 Å². The quantitative estimate of drug-likeness (QED) is 0.480. The predicted molar refractivity (Wildman–Crippen MR) is 120 cm³/mol. The number of nitrogens with one attached hydrogen (secondary N) is 2. The van der Waals surface area contributed by atoms with Gasteiger partial charge in [-0.05, 0) is 41.0 Å². The van der Waals surface area contributed by atoms with Gasteiger partial charge in [-0.1, -0.05) is 54.2 Å². The summed E-state index contributed by atoms with van der Waals surface area (Å²) in [6, 6.07) is 16.6. The molecule has 10 heteroatoms. The zero-order chi connectivity index (χ0) is 22.2. The highest BCUT2D eigenvalue weighted by Crippen LogP contribution is 2.20. The van der Waals surface area contributed by atoms with Gasteiger partial charge in [-0.2, -0.15) is 0 Å². The lowest BCUT2D eigenvalue weighted by atomic mass is 10.1. The van der Waals surface area contributed by atoms with E-state index in [-0.39, 0.29) is 23.7 Å². The first-order valence-corrected chi connectivity index (χ1v) is 11.4. The van der Waals surface area contributed by atoms with Crippen LogP contribution in [0.25, 0.3) is 0 Å². The molecule has 0 saturated carbocycles. The molecule has 2 heterocycles. The Morgan fingerprint density at radius 1 is 1.12 bits per heavy atom. The molecular weight excluding hydrogens is 428 g/mol. The summed E-state index contributed by atoms with van der Waals surface area (Å²) in [6.45, 7) is 1.74. The van der Waals surface area contributed by atoms with Crippen LogP contribution in [0.3, 0.4) is 0 Å². The van der Waals surface area contributed by atoms with E-state index in [1.54, 1.807) is 28.9 Å². The second-order valence-corrected chi connectivity index (χ2v) is 8.27. The molecule has 1 atom stereocenters. The van der Waals surface area contributed by atoms with Crippen LogP contribution in [0.5, 0.6) is 0 Å². The number of anilines is 1. The summed E-state index contributed by atoms with van der Waals surface area (Å²) in [5.41, 5.74) is 1.87. The molecule has 0 aliphatic carbocycles. The van der Waals surface area contributed by atoms with Crippen LogP contribution < -0.4 is 10.6 Å². The van der Waals surface area contributed by atoms with Crippen molar-refractivity contribution in [1.82, 2.24) is 25.5 Å². The van der Waals surface area contributed by atoms with E-state index in [1.807, 2.05) is 30.3 Å². The van der Waals surface area contributed by atoms with Crippen molar-refractivity contribution in [3.05, 3.63) is 65.7 Å². The van der Waals surface area contributed by atoms with Crippen LogP contribution in [0.15, 0.2) is 59.8 Å². The van der Waals surface area contributed by atoms with E-state index in [2.05, 4.69) is 26.2 Å². The van der Waals surface area contributed by atoms with Crippen LogP contribution in [-0.4, -0.2) is 50.5 Å². The van der Waals surface area contributed by atoms with E-state index in [4.69, 9.17) is 4.74 Å². The van der Waals surface area contributed by atoms with Gasteiger partial charge in [0.05, 0.1) is 29.7 Å². The Labute approximate surface area is 189 Å². The first kappa shape index (κ1) is 22.0. The summed E-state index contributed by atoms with van der Waals surface area (Å²) in [6.07, 6.45) is 2.12. The Morgan fingerprint density at radius 3 is 2.75 bits per heavy atom. The van der Waals surface area contributed by atoms with Crippen LogP contribution >= 0.6 is 11.8 Å². The lowest BCUT2D eigenvalue weighted by Crippen LogP contribution is -2.25. The van der Waals surface area contributed by atoms with Crippen molar-refractivity contribution in [2.75, 3.05) is 17.7 Å². The zero-order valence-corrected chi connectivity index (χ0v) is 18.3. The monoisotopic (exact) mass is 452 g/mol. The standard InChI is InChI=1S/C22H24N6O3S/c29-20(15-32-22-25-26-27-28(22)14-17-9-6-12-31-17)24-19-11-5-4-10-18(19)21(30)23-13-16-7-2-1-3-8-16/h1-5,7-8,10-11,17H,6,9,12-15H2,(H,23,30)(H,24,29). The fourth-order valence-electron chi connectivity index (χ4n) is 3.38. The van der Waals surface area contributed by atoms with Gasteiger partial charge in [0, 0.05) is 13.2 Å². The second kappa shape index (κ2) is 10.9. The summed E-state index contributed by atoms with van der Waals surface area (Å²) in [5.74, 6) is -0.380. The molecule has 0 spiro atoms. The van der Waals surface area contributed by atoms with Gasteiger partial charge in [0.1, 0.15) is 0 Å². The number of aromatic nitrogens is 4. The lowest BCUT2D eigenvalue weighted by Gasteiger charge is -2.12. The summed E-state index contributed by atoms with van der Waals surface area (Å²) in [5, 5.41) is 18.0.